The fourth-order valence-corrected chi connectivity index (χ4v) is 3.14. The van der Waals surface area contributed by atoms with E-state index in [2.05, 4.69) is 10.6 Å². The lowest BCUT2D eigenvalue weighted by atomic mass is 10.2. The first kappa shape index (κ1) is 18.5. The third kappa shape index (κ3) is 4.57. The van der Waals surface area contributed by atoms with E-state index in [0.717, 1.165) is 6.26 Å². The fourth-order valence-electron chi connectivity index (χ4n) is 2.25. The molecular formula is C17H18N2O5S. The van der Waals surface area contributed by atoms with Crippen molar-refractivity contribution >= 4 is 33.0 Å². The fraction of sp³-hybridized carbons (Fsp3) is 0.176. The average Bonchev–Trinajstić information content (AvgIpc) is 2.54. The number of benzene rings is 2. The molecule has 2 rings (SSSR count). The number of hydrogen-bond acceptors (Lipinski definition) is 5. The lowest BCUT2D eigenvalue weighted by molar-refractivity contribution is -0.114. The van der Waals surface area contributed by atoms with Gasteiger partial charge in [0.1, 0.15) is 5.75 Å². The number of ether oxygens (including phenoxy) is 1. The van der Waals surface area contributed by atoms with Gasteiger partial charge in [0.15, 0.2) is 9.84 Å². The summed E-state index contributed by atoms with van der Waals surface area (Å²) in [5.74, 6) is -0.483. The first-order valence-electron chi connectivity index (χ1n) is 7.28. The molecule has 0 radical (unpaired) electrons. The third-order valence-corrected chi connectivity index (χ3v) is 4.45. The highest BCUT2D eigenvalue weighted by Crippen LogP contribution is 2.29. The molecule has 8 heteroatoms. The number of carbonyl (C=O) groups excluding carboxylic acids is 2. The highest BCUT2D eigenvalue weighted by molar-refractivity contribution is 7.90. The summed E-state index contributed by atoms with van der Waals surface area (Å²) in [7, 11) is -2.12. The van der Waals surface area contributed by atoms with E-state index in [4.69, 9.17) is 4.74 Å². The van der Waals surface area contributed by atoms with Gasteiger partial charge >= 0.3 is 0 Å². The van der Waals surface area contributed by atoms with Gasteiger partial charge in [-0.25, -0.2) is 8.42 Å². The summed E-state index contributed by atoms with van der Waals surface area (Å²) in [4.78, 5) is 23.7. The topological polar surface area (TPSA) is 102 Å². The van der Waals surface area contributed by atoms with Crippen molar-refractivity contribution in [1.82, 2.24) is 0 Å². The van der Waals surface area contributed by atoms with Crippen LogP contribution in [0.2, 0.25) is 0 Å². The zero-order valence-corrected chi connectivity index (χ0v) is 14.8. The number of anilines is 2. The Morgan fingerprint density at radius 3 is 2.32 bits per heavy atom. The van der Waals surface area contributed by atoms with E-state index in [9.17, 15) is 18.0 Å². The molecule has 0 atom stereocenters. The van der Waals surface area contributed by atoms with E-state index in [1.165, 1.54) is 32.2 Å². The molecule has 0 aliphatic carbocycles. The molecule has 132 valence electrons. The van der Waals surface area contributed by atoms with Gasteiger partial charge in [0.05, 0.1) is 23.3 Å². The summed E-state index contributed by atoms with van der Waals surface area (Å²) in [6.07, 6.45) is 1.04. The molecule has 2 aromatic carbocycles. The zero-order valence-electron chi connectivity index (χ0n) is 14.0. The standard InChI is InChI=1S/C17H18N2O5S/c1-11(20)18-12-8-9-15(24-2)14(10-12)19-17(21)13-6-4-5-7-16(13)25(3,22)23/h4-10H,1-3H3,(H,18,20)(H,19,21). The van der Waals surface area contributed by atoms with Crippen molar-refractivity contribution in [1.29, 1.82) is 0 Å². The molecule has 0 aliphatic rings. The average molecular weight is 362 g/mol. The van der Waals surface area contributed by atoms with Crippen molar-refractivity contribution < 1.29 is 22.7 Å². The lowest BCUT2D eigenvalue weighted by Gasteiger charge is -2.13. The van der Waals surface area contributed by atoms with Crippen LogP contribution in [0.1, 0.15) is 17.3 Å². The maximum atomic E-state index is 12.6. The maximum Gasteiger partial charge on any atom is 0.257 e. The monoisotopic (exact) mass is 362 g/mol. The molecule has 0 bridgehead atoms. The van der Waals surface area contributed by atoms with Gasteiger partial charge in [-0.05, 0) is 30.3 Å². The minimum absolute atomic E-state index is 0.0250. The predicted octanol–water partition coefficient (Wildman–Crippen LogP) is 2.31. The van der Waals surface area contributed by atoms with Crippen LogP contribution < -0.4 is 15.4 Å². The summed E-state index contributed by atoms with van der Waals surface area (Å²) in [6, 6.07) is 10.7. The Kier molecular flexibility index (Phi) is 5.43. The predicted molar refractivity (Wildman–Crippen MR) is 94.8 cm³/mol. The molecule has 0 unspecified atom stereocenters. The molecule has 0 saturated carbocycles. The minimum atomic E-state index is -3.56. The lowest BCUT2D eigenvalue weighted by Crippen LogP contribution is -2.17. The Morgan fingerprint density at radius 2 is 1.72 bits per heavy atom. The molecule has 7 nitrogen and oxygen atoms in total. The van der Waals surface area contributed by atoms with Crippen molar-refractivity contribution in [2.45, 2.75) is 11.8 Å². The molecule has 0 heterocycles. The smallest absolute Gasteiger partial charge is 0.257 e. The first-order valence-corrected chi connectivity index (χ1v) is 9.17. The number of nitrogens with one attached hydrogen (secondary N) is 2. The van der Waals surface area contributed by atoms with Gasteiger partial charge in [0.2, 0.25) is 5.91 Å². The molecule has 0 spiro atoms. The van der Waals surface area contributed by atoms with Gasteiger partial charge in [-0.2, -0.15) is 0 Å². The van der Waals surface area contributed by atoms with E-state index in [0.29, 0.717) is 17.1 Å². The number of methoxy groups -OCH3 is 1. The zero-order chi connectivity index (χ0) is 18.6. The van der Waals surface area contributed by atoms with Crippen LogP contribution in [0.15, 0.2) is 47.4 Å². The molecule has 2 N–H and O–H groups in total. The van der Waals surface area contributed by atoms with Crippen LogP contribution in [0.3, 0.4) is 0 Å². The van der Waals surface area contributed by atoms with Gasteiger partial charge in [0, 0.05) is 18.9 Å². The summed E-state index contributed by atoms with van der Waals surface area (Å²) in [5.41, 5.74) is 0.805. The third-order valence-electron chi connectivity index (χ3n) is 3.30. The van der Waals surface area contributed by atoms with Gasteiger partial charge < -0.3 is 15.4 Å². The molecule has 0 fully saturated rings. The van der Waals surface area contributed by atoms with Crippen LogP contribution in [-0.2, 0) is 14.6 Å². The van der Waals surface area contributed by atoms with E-state index in [1.54, 1.807) is 24.3 Å². The SMILES string of the molecule is COc1ccc(NC(C)=O)cc1NC(=O)c1ccccc1S(C)(=O)=O. The van der Waals surface area contributed by atoms with Crippen molar-refractivity contribution in [2.24, 2.45) is 0 Å². The van der Waals surface area contributed by atoms with Gasteiger partial charge in [0.25, 0.3) is 5.91 Å². The number of sulfone groups is 1. The quantitative estimate of drug-likeness (QED) is 0.850. The molecule has 0 aliphatic heterocycles. The molecular weight excluding hydrogens is 344 g/mol. The Hall–Kier alpha value is -2.87. The second-order valence-electron chi connectivity index (χ2n) is 5.32. The van der Waals surface area contributed by atoms with E-state index in [1.807, 2.05) is 0 Å². The number of carbonyl (C=O) groups is 2. The van der Waals surface area contributed by atoms with Gasteiger partial charge in [-0.1, -0.05) is 12.1 Å². The Morgan fingerprint density at radius 1 is 1.04 bits per heavy atom. The molecule has 0 aromatic heterocycles. The summed E-state index contributed by atoms with van der Waals surface area (Å²) in [5, 5.41) is 5.23. The van der Waals surface area contributed by atoms with Crippen molar-refractivity contribution in [2.75, 3.05) is 24.0 Å². The number of hydrogen-bond donors (Lipinski definition) is 2. The highest BCUT2D eigenvalue weighted by atomic mass is 32.2. The van der Waals surface area contributed by atoms with Gasteiger partial charge in [-0.3, -0.25) is 9.59 Å². The normalized spacial score (nSPS) is 10.8. The van der Waals surface area contributed by atoms with Crippen molar-refractivity contribution in [3.05, 3.63) is 48.0 Å². The first-order chi connectivity index (χ1) is 11.7. The van der Waals surface area contributed by atoms with Gasteiger partial charge in [-0.15, -0.1) is 0 Å². The van der Waals surface area contributed by atoms with E-state index >= 15 is 0 Å². The summed E-state index contributed by atoms with van der Waals surface area (Å²) < 4.78 is 28.9. The maximum absolute atomic E-state index is 12.6. The van der Waals surface area contributed by atoms with Crippen LogP contribution in [0.5, 0.6) is 5.75 Å². The second kappa shape index (κ2) is 7.35. The van der Waals surface area contributed by atoms with Crippen LogP contribution in [-0.4, -0.2) is 33.6 Å². The van der Waals surface area contributed by atoms with Crippen molar-refractivity contribution in [3.8, 4) is 5.75 Å². The van der Waals surface area contributed by atoms with Crippen LogP contribution >= 0.6 is 0 Å². The Balaban J connectivity index is 2.40. The molecule has 2 amide bonds. The van der Waals surface area contributed by atoms with E-state index in [-0.39, 0.29) is 16.4 Å². The highest BCUT2D eigenvalue weighted by Gasteiger charge is 2.19. The minimum Gasteiger partial charge on any atom is -0.495 e. The Labute approximate surface area is 145 Å². The van der Waals surface area contributed by atoms with Crippen molar-refractivity contribution in [3.63, 3.8) is 0 Å². The molecule has 0 saturated heterocycles. The van der Waals surface area contributed by atoms with Crippen LogP contribution in [0.4, 0.5) is 11.4 Å². The second-order valence-corrected chi connectivity index (χ2v) is 7.30. The summed E-state index contributed by atoms with van der Waals surface area (Å²) in [6.45, 7) is 1.37. The molecule has 25 heavy (non-hydrogen) atoms. The molecule has 2 aromatic rings. The number of rotatable bonds is 5. The largest absolute Gasteiger partial charge is 0.495 e. The Bertz CT molecular complexity index is 922. The summed E-state index contributed by atoms with van der Waals surface area (Å²) >= 11 is 0. The van der Waals surface area contributed by atoms with Crippen LogP contribution in [0, 0.1) is 0 Å². The number of amides is 2. The van der Waals surface area contributed by atoms with Crippen LogP contribution in [0.25, 0.3) is 0 Å². The van der Waals surface area contributed by atoms with E-state index < -0.39 is 15.7 Å².